The molecule has 18 heavy (non-hydrogen) atoms. The molecule has 0 radical (unpaired) electrons. The summed E-state index contributed by atoms with van der Waals surface area (Å²) in [6.07, 6.45) is 0. The van der Waals surface area contributed by atoms with Crippen LogP contribution in [0, 0.1) is 0 Å². The van der Waals surface area contributed by atoms with E-state index in [1.54, 1.807) is 12.1 Å². The van der Waals surface area contributed by atoms with Crippen molar-refractivity contribution in [2.75, 3.05) is 27.2 Å². The minimum absolute atomic E-state index is 0.0969. The van der Waals surface area contributed by atoms with Gasteiger partial charge in [-0.25, -0.2) is 0 Å². The number of phenols is 1. The Hall–Kier alpha value is -1.26. The molecule has 0 saturated heterocycles. The number of nitrogens with one attached hydrogen (secondary N) is 1. The number of rotatable bonds is 4. The molecular formula is C14H22N2O2. The van der Waals surface area contributed by atoms with Crippen LogP contribution < -0.4 is 10.1 Å². The van der Waals surface area contributed by atoms with Crippen LogP contribution in [-0.4, -0.2) is 42.8 Å². The molecule has 0 amide bonds. The van der Waals surface area contributed by atoms with Gasteiger partial charge < -0.3 is 20.1 Å². The lowest BCUT2D eigenvalue weighted by atomic mass is 10.0. The number of phenolic OH excluding ortho intramolecular Hbond substituents is 1. The molecule has 2 N–H and O–H groups in total. The first-order valence-corrected chi connectivity index (χ1v) is 6.27. The number of hydrogen-bond acceptors (Lipinski definition) is 4. The van der Waals surface area contributed by atoms with Crippen molar-refractivity contribution in [1.82, 2.24) is 10.2 Å². The van der Waals surface area contributed by atoms with Gasteiger partial charge in [0.15, 0.2) is 0 Å². The molecule has 1 atom stereocenters. The van der Waals surface area contributed by atoms with Gasteiger partial charge in [-0.15, -0.1) is 0 Å². The van der Waals surface area contributed by atoms with Crippen LogP contribution in [-0.2, 0) is 0 Å². The first-order chi connectivity index (χ1) is 8.40. The van der Waals surface area contributed by atoms with Gasteiger partial charge in [-0.05, 0) is 40.1 Å². The van der Waals surface area contributed by atoms with Crippen LogP contribution in [0.4, 0.5) is 0 Å². The van der Waals surface area contributed by atoms with E-state index in [9.17, 15) is 5.11 Å². The zero-order chi connectivity index (χ0) is 13.3. The van der Waals surface area contributed by atoms with Crippen molar-refractivity contribution < 1.29 is 9.84 Å². The standard InChI is InChI=1S/C14H22N2O2/c1-14(2,16(3)4)9-15-12-8-18-13-7-10(17)5-6-11(12)13/h5-7,12,15,17H,8-9H2,1-4H3. The van der Waals surface area contributed by atoms with Gasteiger partial charge in [0, 0.05) is 23.7 Å². The summed E-state index contributed by atoms with van der Waals surface area (Å²) in [5, 5.41) is 12.9. The van der Waals surface area contributed by atoms with Crippen LogP contribution in [0.3, 0.4) is 0 Å². The van der Waals surface area contributed by atoms with Crippen LogP contribution in [0.2, 0.25) is 0 Å². The minimum atomic E-state index is 0.0969. The molecule has 100 valence electrons. The van der Waals surface area contributed by atoms with Gasteiger partial charge >= 0.3 is 0 Å². The summed E-state index contributed by atoms with van der Waals surface area (Å²) in [4.78, 5) is 2.20. The maximum Gasteiger partial charge on any atom is 0.127 e. The highest BCUT2D eigenvalue weighted by molar-refractivity contribution is 5.44. The topological polar surface area (TPSA) is 44.7 Å². The van der Waals surface area contributed by atoms with Gasteiger partial charge in [0.05, 0.1) is 6.04 Å². The fourth-order valence-corrected chi connectivity index (χ4v) is 1.90. The van der Waals surface area contributed by atoms with E-state index in [-0.39, 0.29) is 17.3 Å². The second-order valence-electron chi connectivity index (χ2n) is 5.67. The maximum atomic E-state index is 9.41. The molecule has 0 fully saturated rings. The number of ether oxygens (including phenoxy) is 1. The third kappa shape index (κ3) is 2.60. The molecule has 0 spiro atoms. The molecule has 4 heteroatoms. The second-order valence-corrected chi connectivity index (χ2v) is 5.67. The first kappa shape index (κ1) is 13.2. The Kier molecular flexibility index (Phi) is 3.50. The SMILES string of the molecule is CN(C)C(C)(C)CNC1COc2cc(O)ccc21. The van der Waals surface area contributed by atoms with Crippen LogP contribution in [0.1, 0.15) is 25.5 Å². The van der Waals surface area contributed by atoms with E-state index in [4.69, 9.17) is 4.74 Å². The van der Waals surface area contributed by atoms with Gasteiger partial charge in [-0.3, -0.25) is 0 Å². The molecule has 2 rings (SSSR count). The molecule has 1 aliphatic heterocycles. The average Bonchev–Trinajstić information content (AvgIpc) is 2.68. The van der Waals surface area contributed by atoms with Gasteiger partial charge in [0.25, 0.3) is 0 Å². The van der Waals surface area contributed by atoms with E-state index in [0.29, 0.717) is 6.61 Å². The summed E-state index contributed by atoms with van der Waals surface area (Å²) in [5.74, 6) is 1.04. The number of hydrogen-bond donors (Lipinski definition) is 2. The Labute approximate surface area is 109 Å². The lowest BCUT2D eigenvalue weighted by molar-refractivity contribution is 0.180. The van der Waals surface area contributed by atoms with Crippen molar-refractivity contribution in [3.8, 4) is 11.5 Å². The molecule has 0 aromatic heterocycles. The summed E-state index contributed by atoms with van der Waals surface area (Å²) < 4.78 is 5.58. The predicted octanol–water partition coefficient (Wildman–Crippen LogP) is 1.76. The quantitative estimate of drug-likeness (QED) is 0.854. The minimum Gasteiger partial charge on any atom is -0.508 e. The molecule has 1 aromatic carbocycles. The van der Waals surface area contributed by atoms with Crippen molar-refractivity contribution in [2.45, 2.75) is 25.4 Å². The lowest BCUT2D eigenvalue weighted by Gasteiger charge is -2.33. The number of benzene rings is 1. The van der Waals surface area contributed by atoms with Gasteiger partial charge in [-0.1, -0.05) is 0 Å². The summed E-state index contributed by atoms with van der Waals surface area (Å²) in [6.45, 7) is 5.91. The molecule has 0 aliphatic carbocycles. The summed E-state index contributed by atoms with van der Waals surface area (Å²) in [7, 11) is 4.16. The van der Waals surface area contributed by atoms with Gasteiger partial charge in [0.1, 0.15) is 18.1 Å². The fourth-order valence-electron chi connectivity index (χ4n) is 1.90. The van der Waals surface area contributed by atoms with Crippen LogP contribution in [0.25, 0.3) is 0 Å². The Morgan fingerprint density at radius 2 is 2.17 bits per heavy atom. The van der Waals surface area contributed by atoms with Crippen LogP contribution >= 0.6 is 0 Å². The average molecular weight is 250 g/mol. The second kappa shape index (κ2) is 4.78. The smallest absolute Gasteiger partial charge is 0.127 e. The van der Waals surface area contributed by atoms with E-state index < -0.39 is 0 Å². The Bertz CT molecular complexity index is 430. The monoisotopic (exact) mass is 250 g/mol. The Balaban J connectivity index is 2.02. The van der Waals surface area contributed by atoms with Gasteiger partial charge in [-0.2, -0.15) is 0 Å². The van der Waals surface area contributed by atoms with Crippen molar-refractivity contribution in [1.29, 1.82) is 0 Å². The third-order valence-corrected chi connectivity index (χ3v) is 3.77. The highest BCUT2D eigenvalue weighted by atomic mass is 16.5. The van der Waals surface area contributed by atoms with Crippen LogP contribution in [0.15, 0.2) is 18.2 Å². The van der Waals surface area contributed by atoms with Crippen LogP contribution in [0.5, 0.6) is 11.5 Å². The molecule has 0 saturated carbocycles. The summed E-state index contributed by atoms with van der Waals surface area (Å²) >= 11 is 0. The molecule has 1 aromatic rings. The van der Waals surface area contributed by atoms with E-state index in [1.165, 1.54) is 0 Å². The lowest BCUT2D eigenvalue weighted by Crippen LogP contribution is -2.47. The zero-order valence-electron chi connectivity index (χ0n) is 11.5. The molecule has 4 nitrogen and oxygen atoms in total. The molecule has 0 bridgehead atoms. The Morgan fingerprint density at radius 1 is 1.44 bits per heavy atom. The van der Waals surface area contributed by atoms with E-state index in [1.807, 2.05) is 6.07 Å². The Morgan fingerprint density at radius 3 is 2.83 bits per heavy atom. The molecule has 1 unspecified atom stereocenters. The van der Waals surface area contributed by atoms with E-state index in [2.05, 4.69) is 38.2 Å². The highest BCUT2D eigenvalue weighted by Crippen LogP contribution is 2.34. The van der Waals surface area contributed by atoms with Gasteiger partial charge in [0.2, 0.25) is 0 Å². The number of fused-ring (bicyclic) bond motifs is 1. The van der Waals surface area contributed by atoms with E-state index >= 15 is 0 Å². The molecular weight excluding hydrogens is 228 g/mol. The number of nitrogens with zero attached hydrogens (tertiary/aromatic N) is 1. The summed E-state index contributed by atoms with van der Waals surface area (Å²) in [6, 6.07) is 5.52. The summed E-state index contributed by atoms with van der Waals surface area (Å²) in [5.41, 5.74) is 1.22. The third-order valence-electron chi connectivity index (χ3n) is 3.77. The molecule has 1 aliphatic rings. The fraction of sp³-hybridized carbons (Fsp3) is 0.571. The molecule has 1 heterocycles. The number of likely N-dealkylation sites (N-methyl/N-ethyl adjacent to an activating group) is 1. The largest absolute Gasteiger partial charge is 0.508 e. The van der Waals surface area contributed by atoms with Crippen molar-refractivity contribution in [2.24, 2.45) is 0 Å². The van der Waals surface area contributed by atoms with Crippen molar-refractivity contribution >= 4 is 0 Å². The number of aromatic hydroxyl groups is 1. The zero-order valence-corrected chi connectivity index (χ0v) is 11.5. The predicted molar refractivity (Wildman–Crippen MR) is 72.1 cm³/mol. The van der Waals surface area contributed by atoms with Crippen molar-refractivity contribution in [3.63, 3.8) is 0 Å². The highest BCUT2D eigenvalue weighted by Gasteiger charge is 2.27. The first-order valence-electron chi connectivity index (χ1n) is 6.27. The van der Waals surface area contributed by atoms with Crippen molar-refractivity contribution in [3.05, 3.63) is 23.8 Å². The maximum absolute atomic E-state index is 9.41. The van der Waals surface area contributed by atoms with E-state index in [0.717, 1.165) is 17.9 Å². The normalized spacial score (nSPS) is 18.8.